The van der Waals surface area contributed by atoms with Crippen LogP contribution in [0.3, 0.4) is 0 Å². The lowest BCUT2D eigenvalue weighted by Gasteiger charge is -2.28. The summed E-state index contributed by atoms with van der Waals surface area (Å²) in [5.74, 6) is -0.110. The number of thiocarbonyl (C=S) groups is 1. The molecule has 0 unspecified atom stereocenters. The molecule has 4 rings (SSSR count). The zero-order chi connectivity index (χ0) is 20.2. The van der Waals surface area contributed by atoms with E-state index < -0.39 is 0 Å². The van der Waals surface area contributed by atoms with E-state index in [1.165, 1.54) is 0 Å². The molecular weight excluding hydrogens is 382 g/mol. The van der Waals surface area contributed by atoms with E-state index in [0.29, 0.717) is 5.11 Å². The van der Waals surface area contributed by atoms with Crippen LogP contribution in [0.1, 0.15) is 30.4 Å². The smallest absolute Gasteiger partial charge is 0.244 e. The zero-order valence-corrected chi connectivity index (χ0v) is 17.0. The summed E-state index contributed by atoms with van der Waals surface area (Å²) in [6, 6.07) is 19.1. The molecule has 0 bridgehead atoms. The number of rotatable bonds is 6. The Balaban J connectivity index is 1.64. The zero-order valence-electron chi connectivity index (χ0n) is 16.2. The number of pyridine rings is 1. The largest absolute Gasteiger partial charge is 0.352 e. The Labute approximate surface area is 175 Å². The maximum absolute atomic E-state index is 12.8. The van der Waals surface area contributed by atoms with Gasteiger partial charge in [0.1, 0.15) is 6.54 Å². The molecule has 1 aromatic carbocycles. The highest BCUT2D eigenvalue weighted by Crippen LogP contribution is 2.38. The summed E-state index contributed by atoms with van der Waals surface area (Å²) < 4.78 is 2.18. The summed E-state index contributed by atoms with van der Waals surface area (Å²) in [4.78, 5) is 19.3. The predicted molar refractivity (Wildman–Crippen MR) is 117 cm³/mol. The molecule has 2 N–H and O–H groups in total. The number of nitrogens with zero attached hydrogens (tertiary/aromatic N) is 3. The lowest BCUT2D eigenvalue weighted by Crippen LogP contribution is -2.37. The van der Waals surface area contributed by atoms with Gasteiger partial charge in [0.2, 0.25) is 5.91 Å². The molecule has 2 atom stereocenters. The van der Waals surface area contributed by atoms with E-state index in [-0.39, 0.29) is 24.5 Å². The summed E-state index contributed by atoms with van der Waals surface area (Å²) in [5.41, 5.74) is 2.77. The standard InChI is InChI=1S/C22H23N5OS/c1-2-26-14-8-12-18(26)21-20(17-11-6-7-13-23-17)25-22(29)27(21)15-19(28)24-16-9-4-3-5-10-16/h3-14,20-21H,2,15H2,1H3,(H,24,28)(H,25,29)/t20-,21-/m1/s1. The number of carbonyl (C=O) groups is 1. The molecule has 1 aliphatic rings. The van der Waals surface area contributed by atoms with Crippen LogP contribution in [0.5, 0.6) is 0 Å². The number of carbonyl (C=O) groups excluding carboxylic acids is 1. The number of benzene rings is 1. The fourth-order valence-electron chi connectivity index (χ4n) is 3.76. The van der Waals surface area contributed by atoms with Gasteiger partial charge in [-0.25, -0.2) is 0 Å². The molecule has 29 heavy (non-hydrogen) atoms. The van der Waals surface area contributed by atoms with Crippen molar-refractivity contribution in [3.05, 3.63) is 84.4 Å². The first-order valence-electron chi connectivity index (χ1n) is 9.65. The Kier molecular flexibility index (Phi) is 5.57. The van der Waals surface area contributed by atoms with Gasteiger partial charge in [0, 0.05) is 30.3 Å². The number of para-hydroxylation sites is 1. The van der Waals surface area contributed by atoms with Crippen molar-refractivity contribution in [2.24, 2.45) is 0 Å². The van der Waals surface area contributed by atoms with Gasteiger partial charge in [-0.3, -0.25) is 9.78 Å². The minimum Gasteiger partial charge on any atom is -0.352 e. The molecule has 0 radical (unpaired) electrons. The van der Waals surface area contributed by atoms with Crippen LogP contribution >= 0.6 is 12.2 Å². The van der Waals surface area contributed by atoms with Crippen LogP contribution in [0.4, 0.5) is 5.69 Å². The number of aromatic nitrogens is 2. The Bertz CT molecular complexity index is 989. The monoisotopic (exact) mass is 405 g/mol. The number of aryl methyl sites for hydroxylation is 1. The van der Waals surface area contributed by atoms with Gasteiger partial charge in [0.25, 0.3) is 0 Å². The molecule has 2 aromatic heterocycles. The molecule has 6 nitrogen and oxygen atoms in total. The van der Waals surface area contributed by atoms with Crippen LogP contribution < -0.4 is 10.6 Å². The van der Waals surface area contributed by atoms with Gasteiger partial charge >= 0.3 is 0 Å². The first-order valence-corrected chi connectivity index (χ1v) is 10.1. The summed E-state index contributed by atoms with van der Waals surface area (Å²) in [6.45, 7) is 3.10. The first kappa shape index (κ1) is 19.1. The Morgan fingerprint density at radius 1 is 1.14 bits per heavy atom. The number of anilines is 1. The number of hydrogen-bond acceptors (Lipinski definition) is 3. The van der Waals surface area contributed by atoms with E-state index in [4.69, 9.17) is 12.2 Å². The van der Waals surface area contributed by atoms with Crippen molar-refractivity contribution >= 4 is 28.9 Å². The molecule has 3 aromatic rings. The highest BCUT2D eigenvalue weighted by Gasteiger charge is 2.41. The lowest BCUT2D eigenvalue weighted by molar-refractivity contribution is -0.116. The Hall–Kier alpha value is -3.19. The number of amides is 1. The van der Waals surface area contributed by atoms with Gasteiger partial charge in [-0.1, -0.05) is 24.3 Å². The van der Waals surface area contributed by atoms with Crippen LogP contribution in [0.2, 0.25) is 0 Å². The molecule has 1 saturated heterocycles. The van der Waals surface area contributed by atoms with E-state index in [2.05, 4.69) is 39.4 Å². The minimum absolute atomic E-state index is 0.110. The van der Waals surface area contributed by atoms with Crippen LogP contribution in [-0.2, 0) is 11.3 Å². The van der Waals surface area contributed by atoms with Crippen molar-refractivity contribution in [2.45, 2.75) is 25.6 Å². The van der Waals surface area contributed by atoms with Crippen molar-refractivity contribution < 1.29 is 4.79 Å². The van der Waals surface area contributed by atoms with Crippen molar-refractivity contribution in [3.8, 4) is 0 Å². The average molecular weight is 406 g/mol. The van der Waals surface area contributed by atoms with Gasteiger partial charge in [0.15, 0.2) is 5.11 Å². The van der Waals surface area contributed by atoms with Gasteiger partial charge < -0.3 is 20.1 Å². The molecule has 1 amide bonds. The summed E-state index contributed by atoms with van der Waals surface area (Å²) in [6.07, 6.45) is 3.83. The fraction of sp³-hybridized carbons (Fsp3) is 0.227. The second kappa shape index (κ2) is 8.45. The Morgan fingerprint density at radius 3 is 2.66 bits per heavy atom. The van der Waals surface area contributed by atoms with Crippen LogP contribution in [-0.4, -0.2) is 32.0 Å². The second-order valence-electron chi connectivity index (χ2n) is 6.89. The Morgan fingerprint density at radius 2 is 1.93 bits per heavy atom. The average Bonchev–Trinajstić information content (AvgIpc) is 3.33. The van der Waals surface area contributed by atoms with E-state index in [0.717, 1.165) is 23.6 Å². The molecule has 148 valence electrons. The molecule has 0 aliphatic carbocycles. The van der Waals surface area contributed by atoms with E-state index >= 15 is 0 Å². The van der Waals surface area contributed by atoms with Gasteiger partial charge in [-0.2, -0.15) is 0 Å². The fourth-order valence-corrected chi connectivity index (χ4v) is 4.06. The van der Waals surface area contributed by atoms with Crippen molar-refractivity contribution in [1.29, 1.82) is 0 Å². The normalized spacial score (nSPS) is 18.5. The molecule has 7 heteroatoms. The van der Waals surface area contributed by atoms with Crippen molar-refractivity contribution in [1.82, 2.24) is 19.8 Å². The van der Waals surface area contributed by atoms with Gasteiger partial charge in [-0.15, -0.1) is 0 Å². The van der Waals surface area contributed by atoms with Crippen LogP contribution in [0, 0.1) is 0 Å². The van der Waals surface area contributed by atoms with Crippen molar-refractivity contribution in [3.63, 3.8) is 0 Å². The molecular formula is C22H23N5OS. The molecule has 0 spiro atoms. The summed E-state index contributed by atoms with van der Waals surface area (Å²) in [5, 5.41) is 6.88. The third-order valence-electron chi connectivity index (χ3n) is 5.08. The quantitative estimate of drug-likeness (QED) is 0.615. The van der Waals surface area contributed by atoms with Gasteiger partial charge in [0.05, 0.1) is 17.8 Å². The van der Waals surface area contributed by atoms with E-state index in [1.807, 2.05) is 59.5 Å². The number of hydrogen-bond donors (Lipinski definition) is 2. The van der Waals surface area contributed by atoms with Crippen LogP contribution in [0.25, 0.3) is 0 Å². The summed E-state index contributed by atoms with van der Waals surface area (Å²) in [7, 11) is 0. The topological polar surface area (TPSA) is 62.2 Å². The highest BCUT2D eigenvalue weighted by molar-refractivity contribution is 7.80. The second-order valence-corrected chi connectivity index (χ2v) is 7.27. The summed E-state index contributed by atoms with van der Waals surface area (Å²) >= 11 is 5.63. The lowest BCUT2D eigenvalue weighted by atomic mass is 10.0. The molecule has 3 heterocycles. The molecule has 1 fully saturated rings. The first-order chi connectivity index (χ1) is 14.2. The third kappa shape index (κ3) is 4.00. The minimum atomic E-state index is -0.131. The maximum atomic E-state index is 12.8. The van der Waals surface area contributed by atoms with E-state index in [1.54, 1.807) is 6.20 Å². The molecule has 0 saturated carbocycles. The van der Waals surface area contributed by atoms with Crippen LogP contribution in [0.15, 0.2) is 73.1 Å². The highest BCUT2D eigenvalue weighted by atomic mass is 32.1. The third-order valence-corrected chi connectivity index (χ3v) is 5.43. The maximum Gasteiger partial charge on any atom is 0.244 e. The van der Waals surface area contributed by atoms with E-state index in [9.17, 15) is 4.79 Å². The predicted octanol–water partition coefficient (Wildman–Crippen LogP) is 3.51. The van der Waals surface area contributed by atoms with Crippen molar-refractivity contribution in [2.75, 3.05) is 11.9 Å². The molecule has 1 aliphatic heterocycles. The SMILES string of the molecule is CCn1cccc1[C@@H]1[C@@H](c2ccccn2)NC(=S)N1CC(=O)Nc1ccccc1. The van der Waals surface area contributed by atoms with Gasteiger partial charge in [-0.05, 0) is 55.5 Å². The number of nitrogens with one attached hydrogen (secondary N) is 2.